The smallest absolute Gasteiger partial charge is 0.236 e. The number of nitrogens with two attached hydrogens (primary N) is 1. The Hall–Kier alpha value is -1.30. The molecule has 0 atom stereocenters. The lowest BCUT2D eigenvalue weighted by Gasteiger charge is -2.45. The number of nitrogens with zero attached hydrogens (tertiary/aromatic N) is 2. The Balaban J connectivity index is 2.63. The number of rotatable bonds is 6. The average Bonchev–Trinajstić information content (AvgIpc) is 2.32. The molecule has 1 amide bonds. The molecule has 3 N–H and O–H groups in total. The normalized spacial score (nSPS) is 27.2. The molecule has 1 fully saturated rings. The van der Waals surface area contributed by atoms with E-state index in [-0.39, 0.29) is 17.8 Å². The van der Waals surface area contributed by atoms with E-state index in [2.05, 4.69) is 12.1 Å². The van der Waals surface area contributed by atoms with Crippen molar-refractivity contribution in [3.8, 4) is 0 Å². The average molecular weight is 271 g/mol. The van der Waals surface area contributed by atoms with Gasteiger partial charge >= 0.3 is 0 Å². The third kappa shape index (κ3) is 3.37. The number of oxime groups is 1. The summed E-state index contributed by atoms with van der Waals surface area (Å²) in [5, 5.41) is 11.9. The van der Waals surface area contributed by atoms with Crippen LogP contribution in [0.5, 0.6) is 0 Å². The van der Waals surface area contributed by atoms with Gasteiger partial charge < -0.3 is 20.6 Å². The number of hydrogen-bond donors (Lipinski definition) is 2. The van der Waals surface area contributed by atoms with Crippen LogP contribution >= 0.6 is 0 Å². The van der Waals surface area contributed by atoms with E-state index in [9.17, 15) is 4.79 Å². The maximum Gasteiger partial charge on any atom is 0.236 e. The molecule has 0 aromatic rings. The van der Waals surface area contributed by atoms with Crippen LogP contribution in [0, 0.1) is 11.3 Å². The summed E-state index contributed by atoms with van der Waals surface area (Å²) < 4.78 is 5.43. The van der Waals surface area contributed by atoms with Gasteiger partial charge in [0.15, 0.2) is 5.84 Å². The minimum Gasteiger partial charge on any atom is -0.409 e. The first-order valence-corrected chi connectivity index (χ1v) is 6.68. The first-order chi connectivity index (χ1) is 8.83. The van der Waals surface area contributed by atoms with Gasteiger partial charge in [0.05, 0.1) is 12.7 Å². The van der Waals surface area contributed by atoms with E-state index in [0.29, 0.717) is 31.9 Å². The van der Waals surface area contributed by atoms with Gasteiger partial charge in [0, 0.05) is 13.6 Å². The fraction of sp³-hybridized carbons (Fsp3) is 0.846. The van der Waals surface area contributed by atoms with Gasteiger partial charge in [-0.2, -0.15) is 0 Å². The van der Waals surface area contributed by atoms with Crippen molar-refractivity contribution in [2.45, 2.75) is 39.7 Å². The van der Waals surface area contributed by atoms with Crippen LogP contribution < -0.4 is 5.73 Å². The summed E-state index contributed by atoms with van der Waals surface area (Å²) in [6, 6.07) is 0. The van der Waals surface area contributed by atoms with E-state index < -0.39 is 5.41 Å². The van der Waals surface area contributed by atoms with Crippen molar-refractivity contribution in [2.75, 3.05) is 20.2 Å². The highest BCUT2D eigenvalue weighted by Crippen LogP contribution is 2.46. The van der Waals surface area contributed by atoms with Crippen LogP contribution in [0.2, 0.25) is 0 Å². The first-order valence-electron chi connectivity index (χ1n) is 6.68. The second-order valence-electron chi connectivity index (χ2n) is 5.73. The fourth-order valence-corrected chi connectivity index (χ4v) is 2.61. The molecule has 110 valence electrons. The van der Waals surface area contributed by atoms with Crippen LogP contribution in [0.1, 0.15) is 33.6 Å². The van der Waals surface area contributed by atoms with Crippen molar-refractivity contribution in [3.05, 3.63) is 0 Å². The number of carbonyl (C=O) groups is 1. The highest BCUT2D eigenvalue weighted by Gasteiger charge is 2.53. The van der Waals surface area contributed by atoms with Gasteiger partial charge in [-0.1, -0.05) is 12.1 Å². The summed E-state index contributed by atoms with van der Waals surface area (Å²) in [6.45, 7) is 6.95. The lowest BCUT2D eigenvalue weighted by Crippen LogP contribution is -2.57. The SMILES string of the molecule is CC1CC(C(=O)N(C)CCOC(C)C)(C(N)=NO)C1. The van der Waals surface area contributed by atoms with E-state index in [1.165, 1.54) is 0 Å². The molecule has 0 unspecified atom stereocenters. The van der Waals surface area contributed by atoms with Gasteiger partial charge in [-0.15, -0.1) is 0 Å². The summed E-state index contributed by atoms with van der Waals surface area (Å²) in [4.78, 5) is 14.1. The molecular weight excluding hydrogens is 246 g/mol. The molecule has 0 spiro atoms. The van der Waals surface area contributed by atoms with Crippen molar-refractivity contribution >= 4 is 11.7 Å². The summed E-state index contributed by atoms with van der Waals surface area (Å²) in [5.41, 5.74) is 4.89. The molecule has 0 radical (unpaired) electrons. The monoisotopic (exact) mass is 271 g/mol. The molecule has 1 aliphatic carbocycles. The maximum absolute atomic E-state index is 12.5. The lowest BCUT2D eigenvalue weighted by molar-refractivity contribution is -0.143. The lowest BCUT2D eigenvalue weighted by atomic mass is 9.61. The number of amides is 1. The minimum absolute atomic E-state index is 0.0206. The Bertz CT molecular complexity index is 349. The van der Waals surface area contributed by atoms with Crippen LogP contribution in [-0.4, -0.2) is 48.2 Å². The van der Waals surface area contributed by atoms with Crippen LogP contribution in [0.15, 0.2) is 5.16 Å². The predicted octanol–water partition coefficient (Wildman–Crippen LogP) is 1.03. The van der Waals surface area contributed by atoms with Crippen LogP contribution in [0.3, 0.4) is 0 Å². The first kappa shape index (κ1) is 15.8. The molecule has 0 aromatic carbocycles. The fourth-order valence-electron chi connectivity index (χ4n) is 2.61. The van der Waals surface area contributed by atoms with Crippen LogP contribution in [0.25, 0.3) is 0 Å². The molecule has 19 heavy (non-hydrogen) atoms. The zero-order chi connectivity index (χ0) is 14.6. The van der Waals surface area contributed by atoms with Crippen LogP contribution in [-0.2, 0) is 9.53 Å². The maximum atomic E-state index is 12.5. The number of amidine groups is 1. The molecule has 0 aromatic heterocycles. The summed E-state index contributed by atoms with van der Waals surface area (Å²) in [6.07, 6.45) is 1.42. The Morgan fingerprint density at radius 1 is 1.58 bits per heavy atom. The molecule has 0 bridgehead atoms. The molecule has 6 heteroatoms. The molecule has 1 saturated carbocycles. The molecule has 0 aliphatic heterocycles. The molecule has 1 aliphatic rings. The van der Waals surface area contributed by atoms with Crippen molar-refractivity contribution in [3.63, 3.8) is 0 Å². The summed E-state index contributed by atoms with van der Waals surface area (Å²) in [7, 11) is 1.72. The summed E-state index contributed by atoms with van der Waals surface area (Å²) in [5.74, 6) is 0.352. The van der Waals surface area contributed by atoms with Gasteiger partial charge in [-0.25, -0.2) is 0 Å². The Kier molecular flexibility index (Phi) is 5.17. The third-order valence-corrected chi connectivity index (χ3v) is 3.63. The van der Waals surface area contributed by atoms with Crippen molar-refractivity contribution in [1.29, 1.82) is 0 Å². The highest BCUT2D eigenvalue weighted by atomic mass is 16.5. The topological polar surface area (TPSA) is 88.2 Å². The second kappa shape index (κ2) is 6.23. The Labute approximate surface area is 114 Å². The molecule has 6 nitrogen and oxygen atoms in total. The summed E-state index contributed by atoms with van der Waals surface area (Å²) >= 11 is 0. The number of ether oxygens (including phenoxy) is 1. The standard InChI is InChI=1S/C13H25N3O3/c1-9(2)19-6-5-16(4)12(17)13(11(14)15-18)7-10(3)8-13/h9-10,18H,5-8H2,1-4H3,(H2,14,15). The van der Waals surface area contributed by atoms with Gasteiger partial charge in [-0.05, 0) is 32.6 Å². The van der Waals surface area contributed by atoms with E-state index >= 15 is 0 Å². The molecule has 0 saturated heterocycles. The van der Waals surface area contributed by atoms with Crippen LogP contribution in [0.4, 0.5) is 0 Å². The van der Waals surface area contributed by atoms with Gasteiger partial charge in [0.1, 0.15) is 5.41 Å². The number of carbonyl (C=O) groups excluding carboxylic acids is 1. The van der Waals surface area contributed by atoms with Crippen molar-refractivity contribution in [1.82, 2.24) is 4.90 Å². The Morgan fingerprint density at radius 2 is 2.16 bits per heavy atom. The predicted molar refractivity (Wildman–Crippen MR) is 73.0 cm³/mol. The quantitative estimate of drug-likeness (QED) is 0.327. The second-order valence-corrected chi connectivity index (χ2v) is 5.73. The molecular formula is C13H25N3O3. The Morgan fingerprint density at radius 3 is 2.58 bits per heavy atom. The number of likely N-dealkylation sites (N-methyl/N-ethyl adjacent to an activating group) is 1. The molecule has 0 heterocycles. The minimum atomic E-state index is -0.819. The van der Waals surface area contributed by atoms with E-state index in [0.717, 1.165) is 0 Å². The van der Waals surface area contributed by atoms with E-state index in [4.69, 9.17) is 15.7 Å². The van der Waals surface area contributed by atoms with Gasteiger partial charge in [0.2, 0.25) is 5.91 Å². The van der Waals surface area contributed by atoms with Gasteiger partial charge in [-0.3, -0.25) is 4.79 Å². The zero-order valence-corrected chi connectivity index (χ0v) is 12.2. The molecule has 1 rings (SSSR count). The van der Waals surface area contributed by atoms with Crippen molar-refractivity contribution < 1.29 is 14.7 Å². The van der Waals surface area contributed by atoms with E-state index in [1.807, 2.05) is 13.8 Å². The van der Waals surface area contributed by atoms with Gasteiger partial charge in [0.25, 0.3) is 0 Å². The highest BCUT2D eigenvalue weighted by molar-refractivity contribution is 6.07. The van der Waals surface area contributed by atoms with E-state index in [1.54, 1.807) is 11.9 Å². The number of hydrogen-bond acceptors (Lipinski definition) is 4. The van der Waals surface area contributed by atoms with Crippen molar-refractivity contribution in [2.24, 2.45) is 22.2 Å². The largest absolute Gasteiger partial charge is 0.409 e. The third-order valence-electron chi connectivity index (χ3n) is 3.63. The zero-order valence-electron chi connectivity index (χ0n) is 12.2.